The van der Waals surface area contributed by atoms with Crippen LogP contribution in [0.5, 0.6) is 0 Å². The summed E-state index contributed by atoms with van der Waals surface area (Å²) in [5, 5.41) is 7.48. The van der Waals surface area contributed by atoms with Crippen molar-refractivity contribution in [2.45, 2.75) is 13.3 Å². The number of H-pyrrole nitrogens is 1. The minimum atomic E-state index is -0.130. The van der Waals surface area contributed by atoms with E-state index in [1.165, 1.54) is 0 Å². The molecule has 0 saturated heterocycles. The molecule has 2 N–H and O–H groups in total. The zero-order valence-corrected chi connectivity index (χ0v) is 14.5. The van der Waals surface area contributed by atoms with Crippen molar-refractivity contribution in [1.82, 2.24) is 10.4 Å². The van der Waals surface area contributed by atoms with Gasteiger partial charge in [0.25, 0.3) is 0 Å². The number of hydrogen-bond acceptors (Lipinski definition) is 2. The van der Waals surface area contributed by atoms with Gasteiger partial charge in [0.2, 0.25) is 5.91 Å². The van der Waals surface area contributed by atoms with Crippen LogP contribution in [0.25, 0.3) is 21.7 Å². The van der Waals surface area contributed by atoms with E-state index in [1.54, 1.807) is 6.21 Å². The molecule has 1 heterocycles. The highest BCUT2D eigenvalue weighted by atomic mass is 16.2. The van der Waals surface area contributed by atoms with Crippen LogP contribution in [0.4, 0.5) is 0 Å². The number of rotatable bonds is 4. The molecule has 4 aromatic rings. The third kappa shape index (κ3) is 3.09. The number of nitrogens with zero attached hydrogens (tertiary/aromatic N) is 1. The van der Waals surface area contributed by atoms with Gasteiger partial charge in [-0.2, -0.15) is 5.10 Å². The molecule has 0 spiro atoms. The van der Waals surface area contributed by atoms with Crippen molar-refractivity contribution in [1.29, 1.82) is 0 Å². The van der Waals surface area contributed by atoms with Crippen LogP contribution in [0.15, 0.2) is 71.8 Å². The lowest BCUT2D eigenvalue weighted by Gasteiger charge is -2.05. The number of amides is 1. The van der Waals surface area contributed by atoms with Crippen LogP contribution in [0, 0.1) is 6.92 Å². The molecule has 0 aliphatic carbocycles. The first-order chi connectivity index (χ1) is 12.7. The number of aromatic amines is 1. The highest BCUT2D eigenvalue weighted by Crippen LogP contribution is 2.20. The molecule has 4 rings (SSSR count). The summed E-state index contributed by atoms with van der Waals surface area (Å²) in [7, 11) is 0. The summed E-state index contributed by atoms with van der Waals surface area (Å²) in [6.07, 6.45) is 2.00. The fourth-order valence-corrected chi connectivity index (χ4v) is 3.29. The number of fused-ring (bicyclic) bond motifs is 2. The lowest BCUT2D eigenvalue weighted by Crippen LogP contribution is -2.19. The van der Waals surface area contributed by atoms with E-state index in [1.807, 2.05) is 61.5 Å². The zero-order chi connectivity index (χ0) is 17.9. The maximum atomic E-state index is 12.3. The lowest BCUT2D eigenvalue weighted by atomic mass is 10.0. The summed E-state index contributed by atoms with van der Waals surface area (Å²) in [6.45, 7) is 2.00. The number of carbonyl (C=O) groups is 1. The number of nitrogens with one attached hydrogen (secondary N) is 2. The smallest absolute Gasteiger partial charge is 0.244 e. The Morgan fingerprint density at radius 1 is 1.00 bits per heavy atom. The fourth-order valence-electron chi connectivity index (χ4n) is 3.29. The van der Waals surface area contributed by atoms with Gasteiger partial charge in [-0.3, -0.25) is 4.79 Å². The maximum Gasteiger partial charge on any atom is 0.244 e. The van der Waals surface area contributed by atoms with Crippen LogP contribution in [-0.2, 0) is 11.2 Å². The Kier molecular flexibility index (Phi) is 4.23. The average molecular weight is 341 g/mol. The van der Waals surface area contributed by atoms with Crippen molar-refractivity contribution >= 4 is 33.8 Å². The molecule has 1 amide bonds. The third-order valence-electron chi connectivity index (χ3n) is 4.56. The van der Waals surface area contributed by atoms with Gasteiger partial charge >= 0.3 is 0 Å². The second kappa shape index (κ2) is 6.84. The van der Waals surface area contributed by atoms with E-state index in [4.69, 9.17) is 0 Å². The number of hydrazone groups is 1. The van der Waals surface area contributed by atoms with Crippen molar-refractivity contribution in [3.8, 4) is 0 Å². The summed E-state index contributed by atoms with van der Waals surface area (Å²) >= 11 is 0. The number of para-hydroxylation sites is 1. The molecule has 128 valence electrons. The van der Waals surface area contributed by atoms with Crippen LogP contribution in [0.3, 0.4) is 0 Å². The zero-order valence-electron chi connectivity index (χ0n) is 14.5. The number of aryl methyl sites for hydroxylation is 1. The lowest BCUT2D eigenvalue weighted by molar-refractivity contribution is -0.120. The molecule has 0 aliphatic rings. The quantitative estimate of drug-likeness (QED) is 0.421. The largest absolute Gasteiger partial charge is 0.358 e. The standard InChI is InChI=1S/C22H19N3O/c1-15-20(19-11-4-5-12-21(19)24-15)14-23-25-22(26)13-17-9-6-8-16-7-2-3-10-18(16)17/h2-12,14,24H,13H2,1H3,(H,25,26)/b23-14-. The van der Waals surface area contributed by atoms with Gasteiger partial charge < -0.3 is 4.98 Å². The molecule has 3 aromatic carbocycles. The third-order valence-corrected chi connectivity index (χ3v) is 4.56. The van der Waals surface area contributed by atoms with Gasteiger partial charge in [-0.05, 0) is 29.3 Å². The highest BCUT2D eigenvalue weighted by Gasteiger charge is 2.07. The SMILES string of the molecule is Cc1[nH]c2ccccc2c1/C=N\NC(=O)Cc1cccc2ccccc12. The van der Waals surface area contributed by atoms with Gasteiger partial charge in [0.15, 0.2) is 0 Å². The van der Waals surface area contributed by atoms with Gasteiger partial charge in [0.05, 0.1) is 12.6 Å². The van der Waals surface area contributed by atoms with Gasteiger partial charge in [-0.15, -0.1) is 0 Å². The van der Waals surface area contributed by atoms with E-state index in [-0.39, 0.29) is 5.91 Å². The first-order valence-corrected chi connectivity index (χ1v) is 8.58. The number of benzene rings is 3. The van der Waals surface area contributed by atoms with Crippen molar-refractivity contribution in [2.75, 3.05) is 0 Å². The molecule has 26 heavy (non-hydrogen) atoms. The normalized spacial score (nSPS) is 11.4. The first kappa shape index (κ1) is 16.1. The molecule has 0 atom stereocenters. The molecule has 4 nitrogen and oxygen atoms in total. The maximum absolute atomic E-state index is 12.3. The van der Waals surface area contributed by atoms with Crippen LogP contribution in [0.2, 0.25) is 0 Å². The topological polar surface area (TPSA) is 57.2 Å². The molecule has 1 aromatic heterocycles. The fraction of sp³-hybridized carbons (Fsp3) is 0.0909. The van der Waals surface area contributed by atoms with E-state index < -0.39 is 0 Å². The molecule has 0 fully saturated rings. The Hall–Kier alpha value is -3.40. The average Bonchev–Trinajstić information content (AvgIpc) is 2.98. The van der Waals surface area contributed by atoms with Crippen LogP contribution >= 0.6 is 0 Å². The summed E-state index contributed by atoms with van der Waals surface area (Å²) in [4.78, 5) is 15.6. The minimum absolute atomic E-state index is 0.130. The van der Waals surface area contributed by atoms with Crippen molar-refractivity contribution in [3.63, 3.8) is 0 Å². The molecular weight excluding hydrogens is 322 g/mol. The van der Waals surface area contributed by atoms with Crippen LogP contribution in [0.1, 0.15) is 16.8 Å². The molecule has 0 aliphatic heterocycles. The number of hydrogen-bond donors (Lipinski definition) is 2. The van der Waals surface area contributed by atoms with E-state index >= 15 is 0 Å². The van der Waals surface area contributed by atoms with Gasteiger partial charge in [0.1, 0.15) is 0 Å². The second-order valence-corrected chi connectivity index (χ2v) is 6.32. The highest BCUT2D eigenvalue weighted by molar-refractivity contribution is 6.01. The predicted octanol–water partition coefficient (Wildman–Crippen LogP) is 4.32. The van der Waals surface area contributed by atoms with Crippen LogP contribution in [-0.4, -0.2) is 17.1 Å². The summed E-state index contributed by atoms with van der Waals surface area (Å²) in [5.74, 6) is -0.130. The van der Waals surface area contributed by atoms with Crippen molar-refractivity contribution in [2.24, 2.45) is 5.10 Å². The number of carbonyl (C=O) groups excluding carboxylic acids is 1. The second-order valence-electron chi connectivity index (χ2n) is 6.32. The molecule has 0 saturated carbocycles. The summed E-state index contributed by atoms with van der Waals surface area (Å²) in [6, 6.07) is 22.1. The van der Waals surface area contributed by atoms with Crippen LogP contribution < -0.4 is 5.43 Å². The summed E-state index contributed by atoms with van der Waals surface area (Å²) < 4.78 is 0. The predicted molar refractivity (Wildman–Crippen MR) is 106 cm³/mol. The monoisotopic (exact) mass is 341 g/mol. The Bertz CT molecular complexity index is 1120. The Labute approximate surface area is 151 Å². The molecule has 0 bridgehead atoms. The Morgan fingerprint density at radius 3 is 2.62 bits per heavy atom. The molecular formula is C22H19N3O. The summed E-state index contributed by atoms with van der Waals surface area (Å²) in [5.41, 5.74) is 6.72. The molecule has 0 radical (unpaired) electrons. The van der Waals surface area contributed by atoms with Gasteiger partial charge in [0, 0.05) is 22.2 Å². The van der Waals surface area contributed by atoms with Crippen molar-refractivity contribution < 1.29 is 4.79 Å². The van der Waals surface area contributed by atoms with Gasteiger partial charge in [-0.25, -0.2) is 5.43 Å². The minimum Gasteiger partial charge on any atom is -0.358 e. The van der Waals surface area contributed by atoms with E-state index in [9.17, 15) is 4.79 Å². The van der Waals surface area contributed by atoms with Crippen molar-refractivity contribution in [3.05, 3.63) is 83.6 Å². The Balaban J connectivity index is 1.50. The molecule has 0 unspecified atom stereocenters. The van der Waals surface area contributed by atoms with Gasteiger partial charge in [-0.1, -0.05) is 60.7 Å². The van der Waals surface area contributed by atoms with E-state index in [0.29, 0.717) is 6.42 Å². The molecule has 4 heteroatoms. The Morgan fingerprint density at radius 2 is 1.73 bits per heavy atom. The first-order valence-electron chi connectivity index (χ1n) is 8.58. The van der Waals surface area contributed by atoms with E-state index in [2.05, 4.69) is 27.6 Å². The van der Waals surface area contributed by atoms with E-state index in [0.717, 1.165) is 38.5 Å². The number of aromatic nitrogens is 1.